The van der Waals surface area contributed by atoms with Gasteiger partial charge >= 0.3 is 0 Å². The van der Waals surface area contributed by atoms with Crippen LogP contribution in [-0.4, -0.2) is 86.5 Å². The van der Waals surface area contributed by atoms with Crippen LogP contribution in [0.25, 0.3) is 0 Å². The molecule has 0 saturated carbocycles. The Labute approximate surface area is 172 Å². The third kappa shape index (κ3) is 5.27. The fourth-order valence-corrected chi connectivity index (χ4v) is 5.12. The van der Waals surface area contributed by atoms with Crippen molar-refractivity contribution in [1.29, 1.82) is 0 Å². The molecule has 1 unspecified atom stereocenters. The second kappa shape index (κ2) is 9.13. The van der Waals surface area contributed by atoms with Crippen LogP contribution in [0, 0.1) is 0 Å². The number of nitrogens with zero attached hydrogens (tertiary/aromatic N) is 3. The lowest BCUT2D eigenvalue weighted by molar-refractivity contribution is -0.142. The highest BCUT2D eigenvalue weighted by molar-refractivity contribution is 7.88. The molecule has 2 saturated heterocycles. The summed E-state index contributed by atoms with van der Waals surface area (Å²) in [4.78, 5) is 29.0. The van der Waals surface area contributed by atoms with Crippen molar-refractivity contribution >= 4 is 21.8 Å². The van der Waals surface area contributed by atoms with Crippen molar-refractivity contribution in [1.82, 2.24) is 14.1 Å². The van der Waals surface area contributed by atoms with Crippen molar-refractivity contribution in [2.75, 3.05) is 46.1 Å². The predicted octanol–water partition coefficient (Wildman–Crippen LogP) is 0.723. The number of methoxy groups -OCH3 is 1. The minimum absolute atomic E-state index is 0.0146. The van der Waals surface area contributed by atoms with E-state index in [2.05, 4.69) is 0 Å². The first kappa shape index (κ1) is 21.6. The fraction of sp³-hybridized carbons (Fsp3) is 0.600. The maximum Gasteiger partial charge on any atom is 0.241 e. The van der Waals surface area contributed by atoms with Crippen LogP contribution in [0.5, 0.6) is 5.75 Å². The molecule has 0 aromatic heterocycles. The minimum Gasteiger partial charge on any atom is -0.497 e. The van der Waals surface area contributed by atoms with Crippen LogP contribution in [0.2, 0.25) is 0 Å². The largest absolute Gasteiger partial charge is 0.497 e. The van der Waals surface area contributed by atoms with Gasteiger partial charge in [-0.3, -0.25) is 9.59 Å². The topological polar surface area (TPSA) is 87.2 Å². The molecule has 2 aliphatic heterocycles. The summed E-state index contributed by atoms with van der Waals surface area (Å²) >= 11 is 0. The van der Waals surface area contributed by atoms with Crippen molar-refractivity contribution in [3.05, 3.63) is 29.8 Å². The maximum absolute atomic E-state index is 13.0. The van der Waals surface area contributed by atoms with Gasteiger partial charge in [-0.2, -0.15) is 4.31 Å². The zero-order valence-corrected chi connectivity index (χ0v) is 17.9. The summed E-state index contributed by atoms with van der Waals surface area (Å²) in [5.74, 6) is 0.587. The molecule has 2 amide bonds. The lowest BCUT2D eigenvalue weighted by Crippen LogP contribution is -2.57. The van der Waals surface area contributed by atoms with Gasteiger partial charge < -0.3 is 14.5 Å². The second-order valence-corrected chi connectivity index (χ2v) is 9.55. The van der Waals surface area contributed by atoms with Gasteiger partial charge in [-0.25, -0.2) is 8.42 Å². The Morgan fingerprint density at radius 1 is 1.07 bits per heavy atom. The highest BCUT2D eigenvalue weighted by Crippen LogP contribution is 2.22. The molecule has 160 valence electrons. The first-order chi connectivity index (χ1) is 13.8. The molecule has 29 heavy (non-hydrogen) atoms. The molecule has 0 bridgehead atoms. The molecule has 2 heterocycles. The number of benzene rings is 1. The van der Waals surface area contributed by atoms with E-state index in [4.69, 9.17) is 4.74 Å². The van der Waals surface area contributed by atoms with Crippen LogP contribution in [0.3, 0.4) is 0 Å². The fourth-order valence-electron chi connectivity index (χ4n) is 4.00. The van der Waals surface area contributed by atoms with E-state index in [1.54, 1.807) is 16.9 Å². The number of rotatable bonds is 5. The van der Waals surface area contributed by atoms with Gasteiger partial charge in [-0.05, 0) is 30.5 Å². The van der Waals surface area contributed by atoms with Crippen LogP contribution >= 0.6 is 0 Å². The monoisotopic (exact) mass is 423 g/mol. The lowest BCUT2D eigenvalue weighted by atomic mass is 10.0. The smallest absolute Gasteiger partial charge is 0.241 e. The minimum atomic E-state index is -3.41. The highest BCUT2D eigenvalue weighted by Gasteiger charge is 2.37. The molecule has 1 aromatic rings. The molecule has 3 rings (SSSR count). The van der Waals surface area contributed by atoms with Gasteiger partial charge in [0.15, 0.2) is 0 Å². The maximum atomic E-state index is 13.0. The Balaban J connectivity index is 1.56. The van der Waals surface area contributed by atoms with Crippen LogP contribution in [0.15, 0.2) is 24.3 Å². The van der Waals surface area contributed by atoms with E-state index >= 15 is 0 Å². The van der Waals surface area contributed by atoms with E-state index < -0.39 is 16.1 Å². The number of piperidine rings is 1. The van der Waals surface area contributed by atoms with Crippen molar-refractivity contribution < 1.29 is 22.7 Å². The van der Waals surface area contributed by atoms with E-state index in [-0.39, 0.29) is 18.2 Å². The molecule has 1 atom stereocenters. The van der Waals surface area contributed by atoms with Crippen LogP contribution in [0.1, 0.15) is 24.8 Å². The van der Waals surface area contributed by atoms with Crippen molar-refractivity contribution in [2.24, 2.45) is 0 Å². The molecule has 9 heteroatoms. The van der Waals surface area contributed by atoms with E-state index in [0.717, 1.165) is 24.7 Å². The first-order valence-corrected chi connectivity index (χ1v) is 11.8. The number of carbonyl (C=O) groups excluding carboxylic acids is 2. The molecule has 2 fully saturated rings. The third-order valence-electron chi connectivity index (χ3n) is 5.60. The second-order valence-electron chi connectivity index (χ2n) is 7.62. The summed E-state index contributed by atoms with van der Waals surface area (Å²) < 4.78 is 30.6. The average molecular weight is 424 g/mol. The third-order valence-corrected chi connectivity index (χ3v) is 6.89. The summed E-state index contributed by atoms with van der Waals surface area (Å²) in [5.41, 5.74) is 0.888. The predicted molar refractivity (Wildman–Crippen MR) is 109 cm³/mol. The summed E-state index contributed by atoms with van der Waals surface area (Å²) in [7, 11) is -1.82. The molecule has 0 N–H and O–H groups in total. The van der Waals surface area contributed by atoms with Gasteiger partial charge in [-0.15, -0.1) is 0 Å². The zero-order chi connectivity index (χ0) is 21.0. The summed E-state index contributed by atoms with van der Waals surface area (Å²) in [6.45, 7) is 2.17. The van der Waals surface area contributed by atoms with Gasteiger partial charge in [0.2, 0.25) is 21.8 Å². The van der Waals surface area contributed by atoms with E-state index in [0.29, 0.717) is 44.9 Å². The SMILES string of the molecule is COc1cccc(CC(=O)N2CCN(C(=O)C3CCCCN3S(C)(=O)=O)CC2)c1. The molecule has 0 radical (unpaired) electrons. The molecular weight excluding hydrogens is 394 g/mol. The quantitative estimate of drug-likeness (QED) is 0.697. The van der Waals surface area contributed by atoms with E-state index in [9.17, 15) is 18.0 Å². The number of piperazine rings is 1. The van der Waals surface area contributed by atoms with Crippen LogP contribution < -0.4 is 4.74 Å². The molecule has 8 nitrogen and oxygen atoms in total. The van der Waals surface area contributed by atoms with E-state index in [1.807, 2.05) is 24.3 Å². The Morgan fingerprint density at radius 3 is 2.41 bits per heavy atom. The number of sulfonamides is 1. The number of hydrogen-bond acceptors (Lipinski definition) is 5. The first-order valence-electron chi connectivity index (χ1n) is 9.96. The Hall–Kier alpha value is -2.13. The summed E-state index contributed by atoms with van der Waals surface area (Å²) in [6, 6.07) is 6.82. The summed E-state index contributed by atoms with van der Waals surface area (Å²) in [5, 5.41) is 0. The molecule has 0 spiro atoms. The Morgan fingerprint density at radius 2 is 1.76 bits per heavy atom. The molecular formula is C20H29N3O5S. The van der Waals surface area contributed by atoms with Gasteiger partial charge in [0, 0.05) is 32.7 Å². The highest BCUT2D eigenvalue weighted by atomic mass is 32.2. The zero-order valence-electron chi connectivity index (χ0n) is 17.0. The Kier molecular flexibility index (Phi) is 6.79. The molecule has 0 aliphatic carbocycles. The van der Waals surface area contributed by atoms with Gasteiger partial charge in [0.05, 0.1) is 19.8 Å². The normalized spacial score (nSPS) is 21.1. The standard InChI is InChI=1S/C20H29N3O5S/c1-28-17-7-5-6-16(14-17)15-19(24)21-10-12-22(13-11-21)20(25)18-8-3-4-9-23(18)29(2,26)27/h5-7,14,18H,3-4,8-13,15H2,1-2H3. The molecule has 1 aromatic carbocycles. The van der Waals surface area contributed by atoms with Crippen molar-refractivity contribution in [3.63, 3.8) is 0 Å². The van der Waals surface area contributed by atoms with Crippen molar-refractivity contribution in [2.45, 2.75) is 31.7 Å². The van der Waals surface area contributed by atoms with Crippen LogP contribution in [-0.2, 0) is 26.0 Å². The average Bonchev–Trinajstić information content (AvgIpc) is 2.73. The van der Waals surface area contributed by atoms with Gasteiger partial charge in [-0.1, -0.05) is 18.6 Å². The van der Waals surface area contributed by atoms with Gasteiger partial charge in [0.25, 0.3) is 0 Å². The number of hydrogen-bond donors (Lipinski definition) is 0. The Bertz CT molecular complexity index is 849. The number of carbonyl (C=O) groups is 2. The van der Waals surface area contributed by atoms with E-state index in [1.165, 1.54) is 4.31 Å². The lowest BCUT2D eigenvalue weighted by Gasteiger charge is -2.40. The summed E-state index contributed by atoms with van der Waals surface area (Å²) in [6.07, 6.45) is 3.63. The van der Waals surface area contributed by atoms with Gasteiger partial charge in [0.1, 0.15) is 11.8 Å². The van der Waals surface area contributed by atoms with Crippen LogP contribution in [0.4, 0.5) is 0 Å². The van der Waals surface area contributed by atoms with Crippen molar-refractivity contribution in [3.8, 4) is 5.75 Å². The number of amides is 2. The molecule has 2 aliphatic rings. The number of ether oxygens (including phenoxy) is 1.